The molecule has 1 heterocycles. The Bertz CT molecular complexity index is 777. The van der Waals surface area contributed by atoms with Crippen LogP contribution in [-0.4, -0.2) is 22.9 Å². The number of hydrogen-bond donors (Lipinski definition) is 0. The fourth-order valence-electron chi connectivity index (χ4n) is 2.08. The van der Waals surface area contributed by atoms with E-state index in [1.165, 1.54) is 12.2 Å². The molecule has 1 aromatic heterocycles. The summed E-state index contributed by atoms with van der Waals surface area (Å²) in [6, 6.07) is 7.54. The van der Waals surface area contributed by atoms with Crippen molar-refractivity contribution in [3.8, 4) is 5.75 Å². The highest BCUT2D eigenvalue weighted by Crippen LogP contribution is 2.18. The minimum absolute atomic E-state index is 0.115. The van der Waals surface area contributed by atoms with E-state index in [1.807, 2.05) is 45.0 Å². The maximum atomic E-state index is 12.0. The number of benzene rings is 1. The number of aryl methyl sites for hydroxylation is 3. The summed E-state index contributed by atoms with van der Waals surface area (Å²) in [5, 5.41) is 0. The average molecular weight is 308 g/mol. The van der Waals surface area contributed by atoms with Crippen LogP contribution in [0.1, 0.15) is 28.3 Å². The van der Waals surface area contributed by atoms with Gasteiger partial charge in [-0.1, -0.05) is 18.2 Å². The molecule has 2 aromatic rings. The lowest BCUT2D eigenvalue weighted by Gasteiger charge is -2.03. The maximum Gasteiger partial charge on any atom is 0.178 e. The van der Waals surface area contributed by atoms with E-state index < -0.39 is 0 Å². The second-order valence-corrected chi connectivity index (χ2v) is 5.18. The Morgan fingerprint density at radius 2 is 1.61 bits per heavy atom. The van der Waals surface area contributed by atoms with Crippen LogP contribution in [0.4, 0.5) is 0 Å². The predicted molar refractivity (Wildman–Crippen MR) is 92.3 cm³/mol. The van der Waals surface area contributed by atoms with Crippen molar-refractivity contribution in [2.75, 3.05) is 7.11 Å². The van der Waals surface area contributed by atoms with Gasteiger partial charge < -0.3 is 4.74 Å². The Labute approximate surface area is 136 Å². The lowest BCUT2D eigenvalue weighted by molar-refractivity contribution is -0.110. The molecule has 4 nitrogen and oxygen atoms in total. The standard InChI is InChI=1S/C19H20N2O2/c1-13-14(2)21-18(15(3)20-13)12-11-17(22)10-9-16-7-5-6-8-19(16)23-4/h5-12H,1-4H3/b10-9+,12-11+. The third-order valence-corrected chi connectivity index (χ3v) is 3.49. The molecule has 0 bridgehead atoms. The second-order valence-electron chi connectivity index (χ2n) is 5.18. The molecular formula is C19H20N2O2. The molecule has 0 fully saturated rings. The van der Waals surface area contributed by atoms with Crippen LogP contribution in [0.3, 0.4) is 0 Å². The van der Waals surface area contributed by atoms with Crippen LogP contribution in [0.2, 0.25) is 0 Å². The van der Waals surface area contributed by atoms with Gasteiger partial charge in [0.2, 0.25) is 0 Å². The minimum atomic E-state index is -0.115. The summed E-state index contributed by atoms with van der Waals surface area (Å²) in [5.41, 5.74) is 4.16. The molecule has 118 valence electrons. The Balaban J connectivity index is 2.13. The molecule has 0 N–H and O–H groups in total. The van der Waals surface area contributed by atoms with Gasteiger partial charge >= 0.3 is 0 Å². The molecule has 0 saturated carbocycles. The zero-order valence-electron chi connectivity index (χ0n) is 13.8. The van der Waals surface area contributed by atoms with E-state index in [2.05, 4.69) is 9.97 Å². The van der Waals surface area contributed by atoms with Crippen molar-refractivity contribution < 1.29 is 9.53 Å². The number of rotatable bonds is 5. The number of aromatic nitrogens is 2. The zero-order valence-corrected chi connectivity index (χ0v) is 13.8. The number of hydrogen-bond acceptors (Lipinski definition) is 4. The molecule has 4 heteroatoms. The molecule has 0 aliphatic heterocycles. The van der Waals surface area contributed by atoms with Gasteiger partial charge in [-0.15, -0.1) is 0 Å². The number of ketones is 1. The van der Waals surface area contributed by atoms with Gasteiger partial charge in [0.15, 0.2) is 5.78 Å². The molecule has 0 aliphatic carbocycles. The summed E-state index contributed by atoms with van der Waals surface area (Å²) in [6.45, 7) is 5.71. The van der Waals surface area contributed by atoms with Crippen LogP contribution >= 0.6 is 0 Å². The van der Waals surface area contributed by atoms with Gasteiger partial charge in [0.25, 0.3) is 0 Å². The number of methoxy groups -OCH3 is 1. The fraction of sp³-hybridized carbons (Fsp3) is 0.211. The molecule has 0 spiro atoms. The van der Waals surface area contributed by atoms with Crippen molar-refractivity contribution in [3.05, 3.63) is 64.8 Å². The molecule has 0 atom stereocenters. The van der Waals surface area contributed by atoms with Crippen LogP contribution < -0.4 is 4.74 Å². The number of carbonyl (C=O) groups excluding carboxylic acids is 1. The van der Waals surface area contributed by atoms with Crippen molar-refractivity contribution in [2.24, 2.45) is 0 Å². The Morgan fingerprint density at radius 3 is 2.35 bits per heavy atom. The smallest absolute Gasteiger partial charge is 0.178 e. The summed E-state index contributed by atoms with van der Waals surface area (Å²) in [4.78, 5) is 20.8. The molecule has 0 saturated heterocycles. The summed E-state index contributed by atoms with van der Waals surface area (Å²) in [6.07, 6.45) is 6.45. The lowest BCUT2D eigenvalue weighted by atomic mass is 10.1. The van der Waals surface area contributed by atoms with Crippen LogP contribution in [-0.2, 0) is 4.79 Å². The Hall–Kier alpha value is -2.75. The van der Waals surface area contributed by atoms with Crippen molar-refractivity contribution in [1.82, 2.24) is 9.97 Å². The Kier molecular flexibility index (Phi) is 5.41. The second kappa shape index (κ2) is 7.49. The first kappa shape index (κ1) is 16.6. The number of nitrogens with zero attached hydrogens (tertiary/aromatic N) is 2. The monoisotopic (exact) mass is 308 g/mol. The van der Waals surface area contributed by atoms with Gasteiger partial charge in [0, 0.05) is 5.56 Å². The van der Waals surface area contributed by atoms with Gasteiger partial charge in [0.1, 0.15) is 5.75 Å². The van der Waals surface area contributed by atoms with Crippen LogP contribution in [0, 0.1) is 20.8 Å². The average Bonchev–Trinajstić information content (AvgIpc) is 2.55. The molecule has 0 unspecified atom stereocenters. The molecule has 0 radical (unpaired) electrons. The van der Waals surface area contributed by atoms with Crippen molar-refractivity contribution >= 4 is 17.9 Å². The maximum absolute atomic E-state index is 12.0. The van der Waals surface area contributed by atoms with Crippen molar-refractivity contribution in [1.29, 1.82) is 0 Å². The van der Waals surface area contributed by atoms with Gasteiger partial charge in [-0.2, -0.15) is 0 Å². The van der Waals surface area contributed by atoms with E-state index in [4.69, 9.17) is 4.74 Å². The fourth-order valence-corrected chi connectivity index (χ4v) is 2.08. The number of ether oxygens (including phenoxy) is 1. The molecule has 2 rings (SSSR count). The van der Waals surface area contributed by atoms with Gasteiger partial charge in [0.05, 0.1) is 29.9 Å². The van der Waals surface area contributed by atoms with Crippen LogP contribution in [0.25, 0.3) is 12.2 Å². The zero-order chi connectivity index (χ0) is 16.8. The first-order valence-electron chi connectivity index (χ1n) is 7.36. The summed E-state index contributed by atoms with van der Waals surface area (Å²) in [5.74, 6) is 0.617. The first-order valence-corrected chi connectivity index (χ1v) is 7.36. The van der Waals surface area contributed by atoms with E-state index in [9.17, 15) is 4.79 Å². The van der Waals surface area contributed by atoms with Crippen molar-refractivity contribution in [3.63, 3.8) is 0 Å². The van der Waals surface area contributed by atoms with Gasteiger partial charge in [-0.3, -0.25) is 9.78 Å². The third kappa shape index (κ3) is 4.36. The highest BCUT2D eigenvalue weighted by atomic mass is 16.5. The number of para-hydroxylation sites is 1. The topological polar surface area (TPSA) is 52.1 Å². The molecule has 0 aliphatic rings. The summed E-state index contributed by atoms with van der Waals surface area (Å²) < 4.78 is 5.25. The van der Waals surface area contributed by atoms with Crippen LogP contribution in [0.15, 0.2) is 36.4 Å². The summed E-state index contributed by atoms with van der Waals surface area (Å²) in [7, 11) is 1.61. The SMILES string of the molecule is COc1ccccc1/C=C/C(=O)/C=C/c1nc(C)c(C)nc1C. The van der Waals surface area contributed by atoms with Gasteiger partial charge in [-0.05, 0) is 51.1 Å². The molecular weight excluding hydrogens is 288 g/mol. The van der Waals surface area contributed by atoms with E-state index in [-0.39, 0.29) is 5.78 Å². The van der Waals surface area contributed by atoms with Crippen molar-refractivity contribution in [2.45, 2.75) is 20.8 Å². The number of carbonyl (C=O) groups is 1. The predicted octanol–water partition coefficient (Wildman–Crippen LogP) is 3.71. The lowest BCUT2D eigenvalue weighted by Crippen LogP contribution is -1.99. The Morgan fingerprint density at radius 1 is 0.957 bits per heavy atom. The quantitative estimate of drug-likeness (QED) is 0.790. The minimum Gasteiger partial charge on any atom is -0.496 e. The highest BCUT2D eigenvalue weighted by Gasteiger charge is 2.03. The van der Waals surface area contributed by atoms with E-state index >= 15 is 0 Å². The molecule has 23 heavy (non-hydrogen) atoms. The van der Waals surface area contributed by atoms with E-state index in [1.54, 1.807) is 19.3 Å². The normalized spacial score (nSPS) is 11.3. The third-order valence-electron chi connectivity index (χ3n) is 3.49. The highest BCUT2D eigenvalue weighted by molar-refractivity contribution is 6.04. The molecule has 0 amide bonds. The summed E-state index contributed by atoms with van der Waals surface area (Å²) >= 11 is 0. The van der Waals surface area contributed by atoms with E-state index in [0.717, 1.165) is 28.4 Å². The van der Waals surface area contributed by atoms with Crippen LogP contribution in [0.5, 0.6) is 5.75 Å². The van der Waals surface area contributed by atoms with E-state index in [0.29, 0.717) is 5.69 Å². The van der Waals surface area contributed by atoms with Gasteiger partial charge in [-0.25, -0.2) is 4.98 Å². The number of allylic oxidation sites excluding steroid dienone is 2. The largest absolute Gasteiger partial charge is 0.496 e. The molecule has 1 aromatic carbocycles. The first-order chi connectivity index (χ1) is 11.0.